The molecule has 0 fully saturated rings. The van der Waals surface area contributed by atoms with Gasteiger partial charge in [-0.15, -0.1) is 12.4 Å². The van der Waals surface area contributed by atoms with Crippen LogP contribution >= 0.6 is 12.4 Å². The first kappa shape index (κ1) is 18.4. The fraction of sp³-hybridized carbons (Fsp3) is 0.429. The zero-order valence-electron chi connectivity index (χ0n) is 12.0. The Balaban J connectivity index is 0.00000361. The highest BCUT2D eigenvalue weighted by atomic mass is 35.5. The van der Waals surface area contributed by atoms with Gasteiger partial charge in [0.2, 0.25) is 5.91 Å². The van der Waals surface area contributed by atoms with E-state index in [-0.39, 0.29) is 36.2 Å². The van der Waals surface area contributed by atoms with Crippen molar-refractivity contribution in [2.75, 3.05) is 11.9 Å². The molecule has 1 rings (SSSR count). The minimum atomic E-state index is -0.273. The third kappa shape index (κ3) is 6.54. The van der Waals surface area contributed by atoms with Crippen molar-refractivity contribution in [2.24, 2.45) is 5.73 Å². The number of halogens is 1. The van der Waals surface area contributed by atoms with Crippen molar-refractivity contribution in [3.8, 4) is 0 Å². The Labute approximate surface area is 125 Å². The maximum Gasteiger partial charge on any atom is 0.251 e. The van der Waals surface area contributed by atoms with Gasteiger partial charge >= 0.3 is 0 Å². The predicted octanol–water partition coefficient (Wildman–Crippen LogP) is 1.92. The molecular weight excluding hydrogens is 278 g/mol. The van der Waals surface area contributed by atoms with Crippen LogP contribution in [0.15, 0.2) is 24.3 Å². The number of anilines is 1. The Bertz CT molecular complexity index is 452. The molecular formula is C14H22ClN3O2. The smallest absolute Gasteiger partial charge is 0.251 e. The number of nitrogens with one attached hydrogen (secondary N) is 2. The molecule has 0 heterocycles. The second-order valence-electron chi connectivity index (χ2n) is 5.37. The van der Waals surface area contributed by atoms with Gasteiger partial charge < -0.3 is 16.4 Å². The molecule has 0 aromatic heterocycles. The molecule has 1 aromatic carbocycles. The molecule has 6 heteroatoms. The van der Waals surface area contributed by atoms with E-state index in [0.29, 0.717) is 17.8 Å². The summed E-state index contributed by atoms with van der Waals surface area (Å²) in [5.41, 5.74) is 6.24. The van der Waals surface area contributed by atoms with E-state index in [2.05, 4.69) is 10.6 Å². The molecule has 0 unspecified atom stereocenters. The van der Waals surface area contributed by atoms with Crippen LogP contribution in [0.25, 0.3) is 0 Å². The fourth-order valence-electron chi connectivity index (χ4n) is 1.47. The number of carbonyl (C=O) groups excluding carboxylic acids is 2. The maximum absolute atomic E-state index is 11.9. The van der Waals surface area contributed by atoms with Gasteiger partial charge in [0.05, 0.1) is 0 Å². The average molecular weight is 300 g/mol. The van der Waals surface area contributed by atoms with E-state index in [0.717, 1.165) is 0 Å². The van der Waals surface area contributed by atoms with Crippen molar-refractivity contribution in [1.29, 1.82) is 0 Å². The quantitative estimate of drug-likeness (QED) is 0.794. The van der Waals surface area contributed by atoms with E-state index in [1.165, 1.54) is 0 Å². The number of hydrogen-bond donors (Lipinski definition) is 3. The first-order chi connectivity index (χ1) is 8.81. The number of benzene rings is 1. The lowest BCUT2D eigenvalue weighted by molar-refractivity contribution is -0.116. The molecule has 5 nitrogen and oxygen atoms in total. The lowest BCUT2D eigenvalue weighted by atomic mass is 10.1. The predicted molar refractivity (Wildman–Crippen MR) is 83.2 cm³/mol. The van der Waals surface area contributed by atoms with Crippen molar-refractivity contribution in [3.05, 3.63) is 29.8 Å². The third-order valence-electron chi connectivity index (χ3n) is 2.29. The molecule has 112 valence electrons. The molecule has 0 saturated carbocycles. The summed E-state index contributed by atoms with van der Waals surface area (Å²) >= 11 is 0. The Kier molecular flexibility index (Phi) is 7.24. The molecule has 0 bridgehead atoms. The summed E-state index contributed by atoms with van der Waals surface area (Å²) in [7, 11) is 0. The zero-order valence-corrected chi connectivity index (χ0v) is 12.8. The molecule has 1 aromatic rings. The van der Waals surface area contributed by atoms with Gasteiger partial charge in [0.25, 0.3) is 5.91 Å². The Hall–Kier alpha value is -1.59. The maximum atomic E-state index is 11.9. The molecule has 0 atom stereocenters. The SMILES string of the molecule is CC(C)(C)NC(=O)c1ccc(NC(=O)CCN)cc1.Cl. The van der Waals surface area contributed by atoms with E-state index < -0.39 is 0 Å². The molecule has 0 radical (unpaired) electrons. The van der Waals surface area contributed by atoms with Gasteiger partial charge in [0, 0.05) is 29.8 Å². The summed E-state index contributed by atoms with van der Waals surface area (Å²) in [6, 6.07) is 6.76. The lowest BCUT2D eigenvalue weighted by Crippen LogP contribution is -2.40. The van der Waals surface area contributed by atoms with E-state index in [1.807, 2.05) is 20.8 Å². The van der Waals surface area contributed by atoms with Crippen LogP contribution in [-0.4, -0.2) is 23.9 Å². The number of amides is 2. The minimum Gasteiger partial charge on any atom is -0.347 e. The fourth-order valence-corrected chi connectivity index (χ4v) is 1.47. The number of hydrogen-bond acceptors (Lipinski definition) is 3. The summed E-state index contributed by atoms with van der Waals surface area (Å²) in [4.78, 5) is 23.2. The molecule has 4 N–H and O–H groups in total. The zero-order chi connectivity index (χ0) is 14.5. The van der Waals surface area contributed by atoms with E-state index in [1.54, 1.807) is 24.3 Å². The van der Waals surface area contributed by atoms with Crippen LogP contribution in [0.1, 0.15) is 37.6 Å². The van der Waals surface area contributed by atoms with Crippen LogP contribution < -0.4 is 16.4 Å². The summed E-state index contributed by atoms with van der Waals surface area (Å²) in [6.45, 7) is 6.09. The second kappa shape index (κ2) is 7.87. The van der Waals surface area contributed by atoms with Crippen LogP contribution in [-0.2, 0) is 4.79 Å². The van der Waals surface area contributed by atoms with Gasteiger partial charge in [0.15, 0.2) is 0 Å². The highest BCUT2D eigenvalue weighted by molar-refractivity contribution is 5.96. The van der Waals surface area contributed by atoms with Gasteiger partial charge in [-0.2, -0.15) is 0 Å². The van der Waals surface area contributed by atoms with Crippen LogP contribution in [0.5, 0.6) is 0 Å². The Morgan fingerprint density at radius 2 is 1.70 bits per heavy atom. The minimum absolute atomic E-state index is 0. The Morgan fingerprint density at radius 3 is 2.15 bits per heavy atom. The highest BCUT2D eigenvalue weighted by Crippen LogP contribution is 2.11. The molecule has 0 aliphatic carbocycles. The summed E-state index contributed by atoms with van der Waals surface area (Å²) in [6.07, 6.45) is 0.284. The van der Waals surface area contributed by atoms with Crippen molar-refractivity contribution >= 4 is 29.9 Å². The first-order valence-electron chi connectivity index (χ1n) is 6.24. The normalized spacial score (nSPS) is 10.4. The number of carbonyl (C=O) groups is 2. The summed E-state index contributed by atoms with van der Waals surface area (Å²) in [5, 5.41) is 5.58. The topological polar surface area (TPSA) is 84.2 Å². The molecule has 0 spiro atoms. The first-order valence-corrected chi connectivity index (χ1v) is 6.24. The number of nitrogens with two attached hydrogens (primary N) is 1. The molecule has 20 heavy (non-hydrogen) atoms. The van der Waals surface area contributed by atoms with E-state index >= 15 is 0 Å². The van der Waals surface area contributed by atoms with Crippen molar-refractivity contribution in [3.63, 3.8) is 0 Å². The average Bonchev–Trinajstić information content (AvgIpc) is 2.27. The van der Waals surface area contributed by atoms with Gasteiger partial charge in [0.1, 0.15) is 0 Å². The van der Waals surface area contributed by atoms with Crippen molar-refractivity contribution in [2.45, 2.75) is 32.7 Å². The summed E-state index contributed by atoms with van der Waals surface area (Å²) in [5.74, 6) is -0.262. The van der Waals surface area contributed by atoms with Crippen molar-refractivity contribution < 1.29 is 9.59 Å². The van der Waals surface area contributed by atoms with Crippen LogP contribution in [0.4, 0.5) is 5.69 Å². The van der Waals surface area contributed by atoms with Gasteiger partial charge in [-0.25, -0.2) is 0 Å². The van der Waals surface area contributed by atoms with Gasteiger partial charge in [-0.05, 0) is 45.0 Å². The highest BCUT2D eigenvalue weighted by Gasteiger charge is 2.15. The molecule has 0 aliphatic rings. The second-order valence-corrected chi connectivity index (χ2v) is 5.37. The molecule has 0 aliphatic heterocycles. The van der Waals surface area contributed by atoms with Crippen LogP contribution in [0.2, 0.25) is 0 Å². The standard InChI is InChI=1S/C14H21N3O2.ClH/c1-14(2,3)17-13(19)10-4-6-11(7-5-10)16-12(18)8-9-15;/h4-7H,8-9,15H2,1-3H3,(H,16,18)(H,17,19);1H. The largest absolute Gasteiger partial charge is 0.347 e. The Morgan fingerprint density at radius 1 is 1.15 bits per heavy atom. The lowest BCUT2D eigenvalue weighted by Gasteiger charge is -2.20. The monoisotopic (exact) mass is 299 g/mol. The van der Waals surface area contributed by atoms with E-state index in [9.17, 15) is 9.59 Å². The molecule has 0 saturated heterocycles. The van der Waals surface area contributed by atoms with Gasteiger partial charge in [-0.1, -0.05) is 0 Å². The van der Waals surface area contributed by atoms with E-state index in [4.69, 9.17) is 5.73 Å². The number of rotatable bonds is 4. The third-order valence-corrected chi connectivity index (χ3v) is 2.29. The van der Waals surface area contributed by atoms with Crippen LogP contribution in [0.3, 0.4) is 0 Å². The summed E-state index contributed by atoms with van der Waals surface area (Å²) < 4.78 is 0. The molecule has 2 amide bonds. The van der Waals surface area contributed by atoms with Gasteiger partial charge in [-0.3, -0.25) is 9.59 Å². The van der Waals surface area contributed by atoms with Crippen LogP contribution in [0, 0.1) is 0 Å². The van der Waals surface area contributed by atoms with Crippen molar-refractivity contribution in [1.82, 2.24) is 5.32 Å².